The van der Waals surface area contributed by atoms with E-state index < -0.39 is 0 Å². The molecule has 0 fully saturated rings. The van der Waals surface area contributed by atoms with Crippen molar-refractivity contribution in [2.75, 3.05) is 0 Å². The van der Waals surface area contributed by atoms with Crippen molar-refractivity contribution in [2.45, 2.75) is 54.4 Å². The Morgan fingerprint density at radius 1 is 1.06 bits per heavy atom. The first-order chi connectivity index (χ1) is 7.99. The molecule has 0 aliphatic heterocycles. The Bertz CT molecular complexity index is 398. The van der Waals surface area contributed by atoms with Gasteiger partial charge in [0.1, 0.15) is 0 Å². The molecule has 0 N–H and O–H groups in total. The predicted octanol–water partition coefficient (Wildman–Crippen LogP) is 5.59. The second-order valence-corrected chi connectivity index (χ2v) is 5.34. The molecule has 0 saturated carbocycles. The van der Waals surface area contributed by atoms with Gasteiger partial charge < -0.3 is 0 Å². The van der Waals surface area contributed by atoms with E-state index in [0.29, 0.717) is 0 Å². The van der Waals surface area contributed by atoms with Crippen LogP contribution >= 0.6 is 0 Å². The van der Waals surface area contributed by atoms with Crippen molar-refractivity contribution in [1.29, 1.82) is 0 Å². The van der Waals surface area contributed by atoms with Crippen molar-refractivity contribution in [3.05, 3.63) is 46.6 Å². The first kappa shape index (κ1) is 14.0. The van der Waals surface area contributed by atoms with Gasteiger partial charge in [0, 0.05) is 5.41 Å². The van der Waals surface area contributed by atoms with E-state index >= 15 is 0 Å². The minimum Gasteiger partial charge on any atom is -0.0751 e. The Hall–Kier alpha value is -1.04. The molecule has 17 heavy (non-hydrogen) atoms. The van der Waals surface area contributed by atoms with E-state index in [-0.39, 0.29) is 5.41 Å². The summed E-state index contributed by atoms with van der Waals surface area (Å²) in [5.41, 5.74) is 6.23. The Morgan fingerprint density at radius 3 is 2.35 bits per heavy atom. The first-order valence-electron chi connectivity index (χ1n) is 6.78. The highest BCUT2D eigenvalue weighted by Gasteiger charge is 2.20. The zero-order valence-corrected chi connectivity index (χ0v) is 12.2. The highest BCUT2D eigenvalue weighted by molar-refractivity contribution is 5.54. The van der Waals surface area contributed by atoms with Crippen LogP contribution in [0.1, 0.15) is 54.4 Å². The monoisotopic (exact) mass is 230 g/mol. The fraction of sp³-hybridized carbons (Fsp3) is 0.529. The third-order valence-electron chi connectivity index (χ3n) is 3.49. The molecule has 2 aliphatic carbocycles. The SMILES string of the molecule is CC.CC1=C(C)C2=CC=CC(C)(C)C=C2CC1. The summed E-state index contributed by atoms with van der Waals surface area (Å²) < 4.78 is 0. The average Bonchev–Trinajstić information content (AvgIpc) is 2.45. The molecule has 2 rings (SSSR count). The fourth-order valence-electron chi connectivity index (χ4n) is 2.39. The Balaban J connectivity index is 0.000000686. The molecule has 2 aliphatic rings. The summed E-state index contributed by atoms with van der Waals surface area (Å²) in [7, 11) is 0. The molecule has 0 heterocycles. The smallest absolute Gasteiger partial charge is 0.00136 e. The standard InChI is InChI=1S/C15H20.C2H6/c1-11-7-8-13-10-15(3,4)9-5-6-14(13)12(11)2;1-2/h5-6,9-10H,7-8H2,1-4H3;1-2H3. The molecule has 0 aromatic carbocycles. The fourth-order valence-corrected chi connectivity index (χ4v) is 2.39. The minimum atomic E-state index is 0.207. The van der Waals surface area contributed by atoms with Gasteiger partial charge in [-0.15, -0.1) is 0 Å². The zero-order chi connectivity index (χ0) is 13.1. The van der Waals surface area contributed by atoms with Gasteiger partial charge in [0.05, 0.1) is 0 Å². The largest absolute Gasteiger partial charge is 0.0751 e. The van der Waals surface area contributed by atoms with Crippen molar-refractivity contribution < 1.29 is 0 Å². The number of allylic oxidation sites excluding steroid dienone is 8. The molecule has 94 valence electrons. The van der Waals surface area contributed by atoms with Crippen LogP contribution in [-0.4, -0.2) is 0 Å². The molecule has 0 aromatic heterocycles. The third kappa shape index (κ3) is 3.21. The molecule has 0 aromatic rings. The number of hydrogen-bond acceptors (Lipinski definition) is 0. The van der Waals surface area contributed by atoms with Crippen LogP contribution in [0.25, 0.3) is 0 Å². The molecule has 0 unspecified atom stereocenters. The van der Waals surface area contributed by atoms with E-state index in [1.165, 1.54) is 29.6 Å². The maximum Gasteiger partial charge on any atom is 0.00136 e. The van der Waals surface area contributed by atoms with Crippen molar-refractivity contribution in [2.24, 2.45) is 5.41 Å². The maximum atomic E-state index is 2.43. The molecule has 0 nitrogen and oxygen atoms in total. The topological polar surface area (TPSA) is 0 Å². The Morgan fingerprint density at radius 2 is 1.71 bits per heavy atom. The predicted molar refractivity (Wildman–Crippen MR) is 78.0 cm³/mol. The molecule has 0 spiro atoms. The number of fused-ring (bicyclic) bond motifs is 1. The van der Waals surface area contributed by atoms with Gasteiger partial charge in [-0.25, -0.2) is 0 Å². The number of hydrogen-bond donors (Lipinski definition) is 0. The van der Waals surface area contributed by atoms with Gasteiger partial charge in [-0.05, 0) is 43.4 Å². The van der Waals surface area contributed by atoms with Gasteiger partial charge in [0.15, 0.2) is 0 Å². The first-order valence-corrected chi connectivity index (χ1v) is 6.78. The molecular formula is C17H26. The molecular weight excluding hydrogens is 204 g/mol. The van der Waals surface area contributed by atoms with E-state index in [9.17, 15) is 0 Å². The Labute approximate surface area is 107 Å². The number of rotatable bonds is 0. The molecule has 0 radical (unpaired) electrons. The van der Waals surface area contributed by atoms with Crippen LogP contribution in [0.3, 0.4) is 0 Å². The van der Waals surface area contributed by atoms with Crippen LogP contribution < -0.4 is 0 Å². The van der Waals surface area contributed by atoms with Crippen LogP contribution in [0.2, 0.25) is 0 Å². The van der Waals surface area contributed by atoms with E-state index in [1.54, 1.807) is 5.57 Å². The molecule has 0 saturated heterocycles. The van der Waals surface area contributed by atoms with Gasteiger partial charge in [-0.1, -0.05) is 57.6 Å². The second kappa shape index (κ2) is 5.53. The minimum absolute atomic E-state index is 0.207. The second-order valence-electron chi connectivity index (χ2n) is 5.34. The van der Waals surface area contributed by atoms with E-state index in [1.807, 2.05) is 13.8 Å². The average molecular weight is 230 g/mol. The van der Waals surface area contributed by atoms with Crippen molar-refractivity contribution >= 4 is 0 Å². The highest BCUT2D eigenvalue weighted by atomic mass is 14.3. The van der Waals surface area contributed by atoms with E-state index in [2.05, 4.69) is 52.0 Å². The van der Waals surface area contributed by atoms with Crippen LogP contribution in [0, 0.1) is 5.41 Å². The lowest BCUT2D eigenvalue weighted by atomic mass is 9.82. The van der Waals surface area contributed by atoms with Crippen molar-refractivity contribution in [3.63, 3.8) is 0 Å². The van der Waals surface area contributed by atoms with Gasteiger partial charge in [0.2, 0.25) is 0 Å². The lowest BCUT2D eigenvalue weighted by Crippen LogP contribution is -2.07. The van der Waals surface area contributed by atoms with Gasteiger partial charge in [0.25, 0.3) is 0 Å². The summed E-state index contributed by atoms with van der Waals surface area (Å²) in [6.45, 7) is 13.1. The maximum absolute atomic E-state index is 2.43. The Kier molecular flexibility index (Phi) is 4.56. The summed E-state index contributed by atoms with van der Waals surface area (Å²) in [6, 6.07) is 0. The summed E-state index contributed by atoms with van der Waals surface area (Å²) in [6.07, 6.45) is 11.6. The van der Waals surface area contributed by atoms with E-state index in [4.69, 9.17) is 0 Å². The van der Waals surface area contributed by atoms with Crippen molar-refractivity contribution in [3.8, 4) is 0 Å². The normalized spacial score (nSPS) is 21.8. The van der Waals surface area contributed by atoms with Crippen LogP contribution in [0.5, 0.6) is 0 Å². The van der Waals surface area contributed by atoms with E-state index in [0.717, 1.165) is 0 Å². The van der Waals surface area contributed by atoms with Crippen LogP contribution in [0.15, 0.2) is 46.6 Å². The lowest BCUT2D eigenvalue weighted by molar-refractivity contribution is 0.618. The van der Waals surface area contributed by atoms with Crippen LogP contribution in [-0.2, 0) is 0 Å². The highest BCUT2D eigenvalue weighted by Crippen LogP contribution is 2.38. The summed E-state index contributed by atoms with van der Waals surface area (Å²) in [4.78, 5) is 0. The zero-order valence-electron chi connectivity index (χ0n) is 12.2. The van der Waals surface area contributed by atoms with Crippen molar-refractivity contribution in [1.82, 2.24) is 0 Å². The molecule has 0 bridgehead atoms. The van der Waals surface area contributed by atoms with Gasteiger partial charge in [-0.3, -0.25) is 0 Å². The lowest BCUT2D eigenvalue weighted by Gasteiger charge is -2.23. The third-order valence-corrected chi connectivity index (χ3v) is 3.49. The van der Waals surface area contributed by atoms with Crippen LogP contribution in [0.4, 0.5) is 0 Å². The summed E-state index contributed by atoms with van der Waals surface area (Å²) in [5.74, 6) is 0. The summed E-state index contributed by atoms with van der Waals surface area (Å²) in [5, 5.41) is 0. The van der Waals surface area contributed by atoms with Gasteiger partial charge >= 0.3 is 0 Å². The van der Waals surface area contributed by atoms with Gasteiger partial charge in [-0.2, -0.15) is 0 Å². The summed E-state index contributed by atoms with van der Waals surface area (Å²) >= 11 is 0. The molecule has 0 atom stereocenters. The molecule has 0 heteroatoms. The molecule has 0 amide bonds. The quantitative estimate of drug-likeness (QED) is 0.508.